The molecule has 33 heavy (non-hydrogen) atoms. The predicted octanol–water partition coefficient (Wildman–Crippen LogP) is 5.76. The summed E-state index contributed by atoms with van der Waals surface area (Å²) in [5, 5.41) is 0.982. The highest BCUT2D eigenvalue weighted by atomic mass is 79.9. The molecule has 1 aromatic heterocycles. The van der Waals surface area contributed by atoms with Crippen LogP contribution in [-0.4, -0.2) is 22.9 Å². The number of hydrogen-bond acceptors (Lipinski definition) is 3. The van der Waals surface area contributed by atoms with Crippen molar-refractivity contribution in [2.75, 3.05) is 7.11 Å². The number of halogens is 1. The van der Waals surface area contributed by atoms with Crippen molar-refractivity contribution >= 4 is 32.7 Å². The van der Waals surface area contributed by atoms with Crippen molar-refractivity contribution in [3.63, 3.8) is 0 Å². The van der Waals surface area contributed by atoms with Crippen molar-refractivity contribution in [1.29, 1.82) is 0 Å². The van der Waals surface area contributed by atoms with E-state index in [1.807, 2.05) is 62.4 Å². The maximum Gasteiger partial charge on any atom is 0.254 e. The van der Waals surface area contributed by atoms with Gasteiger partial charge in [0, 0.05) is 33.0 Å². The Hall–Kier alpha value is -3.38. The maximum atomic E-state index is 13.4. The zero-order valence-corrected chi connectivity index (χ0v) is 20.4. The normalized spacial score (nSPS) is 10.9. The minimum Gasteiger partial charge on any atom is -0.497 e. The van der Waals surface area contributed by atoms with E-state index in [0.717, 1.165) is 37.8 Å². The molecule has 0 aliphatic carbocycles. The van der Waals surface area contributed by atoms with Gasteiger partial charge >= 0.3 is 0 Å². The highest BCUT2D eigenvalue weighted by Gasteiger charge is 2.19. The number of benzene rings is 3. The highest BCUT2D eigenvalue weighted by molar-refractivity contribution is 9.10. The monoisotopic (exact) mass is 504 g/mol. The number of ether oxygens (including phenoxy) is 1. The number of amides is 1. The van der Waals surface area contributed by atoms with Crippen LogP contribution in [0.2, 0.25) is 0 Å². The molecule has 0 atom stereocenters. The molecule has 4 rings (SSSR count). The van der Waals surface area contributed by atoms with Crippen LogP contribution in [0.25, 0.3) is 10.9 Å². The van der Waals surface area contributed by atoms with Crippen molar-refractivity contribution in [2.24, 2.45) is 0 Å². The minimum atomic E-state index is -0.184. The molecule has 0 saturated carbocycles. The molecule has 0 radical (unpaired) electrons. The van der Waals surface area contributed by atoms with Gasteiger partial charge in [-0.3, -0.25) is 9.59 Å². The van der Waals surface area contributed by atoms with Gasteiger partial charge in [-0.1, -0.05) is 34.1 Å². The third kappa shape index (κ3) is 5.17. The Labute approximate surface area is 201 Å². The number of aromatic amines is 1. The summed E-state index contributed by atoms with van der Waals surface area (Å²) in [4.78, 5) is 31.1. The van der Waals surface area contributed by atoms with Crippen LogP contribution in [0.3, 0.4) is 0 Å². The molecule has 4 aromatic rings. The number of rotatable bonds is 6. The number of fused-ring (bicyclic) bond motifs is 1. The number of carbonyl (C=O) groups excluding carboxylic acids is 1. The van der Waals surface area contributed by atoms with E-state index in [1.165, 1.54) is 0 Å². The van der Waals surface area contributed by atoms with Gasteiger partial charge in [-0.2, -0.15) is 0 Å². The summed E-state index contributed by atoms with van der Waals surface area (Å²) >= 11 is 3.41. The molecule has 6 heteroatoms. The largest absolute Gasteiger partial charge is 0.497 e. The molecule has 0 saturated heterocycles. The second-order valence-corrected chi connectivity index (χ2v) is 9.10. The van der Waals surface area contributed by atoms with Crippen molar-refractivity contribution in [3.8, 4) is 5.75 Å². The van der Waals surface area contributed by atoms with Gasteiger partial charge in [0.2, 0.25) is 0 Å². The maximum absolute atomic E-state index is 13.4. The lowest BCUT2D eigenvalue weighted by Crippen LogP contribution is -2.32. The van der Waals surface area contributed by atoms with E-state index < -0.39 is 0 Å². The number of aryl methyl sites for hydroxylation is 2. The van der Waals surface area contributed by atoms with Crippen LogP contribution < -0.4 is 10.3 Å². The van der Waals surface area contributed by atoms with Gasteiger partial charge in [0.25, 0.3) is 11.5 Å². The van der Waals surface area contributed by atoms with Crippen LogP contribution in [0.4, 0.5) is 0 Å². The third-order valence-electron chi connectivity index (χ3n) is 5.66. The molecule has 0 aliphatic rings. The van der Waals surface area contributed by atoms with E-state index in [-0.39, 0.29) is 18.0 Å². The summed E-state index contributed by atoms with van der Waals surface area (Å²) in [6.07, 6.45) is 0. The Morgan fingerprint density at radius 2 is 1.67 bits per heavy atom. The second kappa shape index (κ2) is 9.63. The number of H-pyrrole nitrogens is 1. The summed E-state index contributed by atoms with van der Waals surface area (Å²) in [6, 6.07) is 20.8. The van der Waals surface area contributed by atoms with Crippen molar-refractivity contribution in [2.45, 2.75) is 26.9 Å². The number of hydrogen-bond donors (Lipinski definition) is 1. The number of nitrogens with one attached hydrogen (secondary N) is 1. The molecule has 5 nitrogen and oxygen atoms in total. The molecule has 3 aromatic carbocycles. The van der Waals surface area contributed by atoms with Gasteiger partial charge in [-0.25, -0.2) is 0 Å². The SMILES string of the molecule is COc1ccc(CN(Cc2cc3c(C)cc(C)cc3[nH]c2=O)C(=O)c2ccc(Br)cc2)cc1. The molecule has 1 N–H and O–H groups in total. The first-order valence-electron chi connectivity index (χ1n) is 10.6. The molecule has 0 bridgehead atoms. The summed E-state index contributed by atoms with van der Waals surface area (Å²) in [7, 11) is 1.62. The number of aromatic nitrogens is 1. The first-order chi connectivity index (χ1) is 15.8. The Balaban J connectivity index is 1.72. The van der Waals surface area contributed by atoms with Gasteiger partial charge in [0.05, 0.1) is 13.7 Å². The predicted molar refractivity (Wildman–Crippen MR) is 135 cm³/mol. The molecule has 1 amide bonds. The van der Waals surface area contributed by atoms with E-state index >= 15 is 0 Å². The van der Waals surface area contributed by atoms with Crippen LogP contribution in [0.1, 0.15) is 32.6 Å². The molecule has 168 valence electrons. The minimum absolute atomic E-state index is 0.140. The van der Waals surface area contributed by atoms with Gasteiger partial charge in [-0.05, 0) is 79.1 Å². The van der Waals surface area contributed by atoms with Gasteiger partial charge in [0.1, 0.15) is 5.75 Å². The Morgan fingerprint density at radius 1 is 0.970 bits per heavy atom. The van der Waals surface area contributed by atoms with Crippen molar-refractivity contribution in [3.05, 3.63) is 109 Å². The molecule has 0 spiro atoms. The molecular formula is C27H25BrN2O3. The number of pyridine rings is 1. The van der Waals surface area contributed by atoms with Crippen LogP contribution >= 0.6 is 15.9 Å². The zero-order valence-electron chi connectivity index (χ0n) is 18.8. The van der Waals surface area contributed by atoms with E-state index in [1.54, 1.807) is 24.1 Å². The van der Waals surface area contributed by atoms with Crippen LogP contribution in [0.5, 0.6) is 5.75 Å². The number of nitrogens with zero attached hydrogens (tertiary/aromatic N) is 1. The van der Waals surface area contributed by atoms with Gasteiger partial charge in [-0.15, -0.1) is 0 Å². The topological polar surface area (TPSA) is 62.4 Å². The fraction of sp³-hybridized carbons (Fsp3) is 0.185. The molecule has 1 heterocycles. The lowest BCUT2D eigenvalue weighted by Gasteiger charge is -2.23. The molecule has 0 aliphatic heterocycles. The average Bonchev–Trinajstić information content (AvgIpc) is 2.80. The molecule has 0 unspecified atom stereocenters. The van der Waals surface area contributed by atoms with Crippen molar-refractivity contribution < 1.29 is 9.53 Å². The summed E-state index contributed by atoms with van der Waals surface area (Å²) in [5.74, 6) is 0.611. The van der Waals surface area contributed by atoms with Crippen LogP contribution in [0, 0.1) is 13.8 Å². The van der Waals surface area contributed by atoms with E-state index in [0.29, 0.717) is 17.7 Å². The van der Waals surface area contributed by atoms with E-state index in [9.17, 15) is 9.59 Å². The lowest BCUT2D eigenvalue weighted by atomic mass is 10.0. The summed E-state index contributed by atoms with van der Waals surface area (Å²) in [5.41, 5.74) is 4.87. The first-order valence-corrected chi connectivity index (χ1v) is 11.4. The zero-order chi connectivity index (χ0) is 23.5. The standard InChI is InChI=1S/C27H25BrN2O3/c1-17-12-18(2)24-14-21(26(31)29-25(24)13-17)16-30(15-19-4-10-23(33-3)11-5-19)27(32)20-6-8-22(28)9-7-20/h4-14H,15-16H2,1-3H3,(H,29,31). The Morgan fingerprint density at radius 3 is 2.33 bits per heavy atom. The van der Waals surface area contributed by atoms with Crippen molar-refractivity contribution in [1.82, 2.24) is 9.88 Å². The molecular weight excluding hydrogens is 480 g/mol. The van der Waals surface area contributed by atoms with Gasteiger partial charge in [0.15, 0.2) is 0 Å². The fourth-order valence-corrected chi connectivity index (χ4v) is 4.23. The number of methoxy groups -OCH3 is 1. The van der Waals surface area contributed by atoms with Crippen LogP contribution in [0.15, 0.2) is 76.0 Å². The Bertz CT molecular complexity index is 1360. The first kappa shape index (κ1) is 22.8. The quantitative estimate of drug-likeness (QED) is 0.363. The van der Waals surface area contributed by atoms with E-state index in [4.69, 9.17) is 4.74 Å². The third-order valence-corrected chi connectivity index (χ3v) is 6.19. The van der Waals surface area contributed by atoms with Crippen LogP contribution in [-0.2, 0) is 13.1 Å². The fourth-order valence-electron chi connectivity index (χ4n) is 3.97. The summed E-state index contributed by atoms with van der Waals surface area (Å²) in [6.45, 7) is 4.59. The highest BCUT2D eigenvalue weighted by Crippen LogP contribution is 2.21. The molecule has 0 fully saturated rings. The smallest absolute Gasteiger partial charge is 0.254 e. The summed E-state index contributed by atoms with van der Waals surface area (Å²) < 4.78 is 6.14. The number of carbonyl (C=O) groups is 1. The second-order valence-electron chi connectivity index (χ2n) is 8.18. The lowest BCUT2D eigenvalue weighted by molar-refractivity contribution is 0.0729. The van der Waals surface area contributed by atoms with E-state index in [2.05, 4.69) is 27.0 Å². The van der Waals surface area contributed by atoms with Gasteiger partial charge < -0.3 is 14.6 Å². The average molecular weight is 505 g/mol. The Kier molecular flexibility index (Phi) is 6.65.